The van der Waals surface area contributed by atoms with Crippen LogP contribution in [-0.4, -0.2) is 6.04 Å². The van der Waals surface area contributed by atoms with Crippen LogP contribution < -0.4 is 11.1 Å². The molecule has 0 aliphatic heterocycles. The lowest BCUT2D eigenvalue weighted by Gasteiger charge is -2.10. The van der Waals surface area contributed by atoms with Crippen LogP contribution in [0.15, 0.2) is 28.9 Å². The lowest BCUT2D eigenvalue weighted by atomic mass is 10.1. The van der Waals surface area contributed by atoms with Gasteiger partial charge >= 0.3 is 0 Å². The van der Waals surface area contributed by atoms with E-state index in [1.54, 1.807) is 0 Å². The Balaban J connectivity index is 1.79. The molecule has 1 aliphatic rings. The topological polar surface area (TPSA) is 51.2 Å². The van der Waals surface area contributed by atoms with Crippen molar-refractivity contribution < 1.29 is 4.42 Å². The number of rotatable bonds is 4. The van der Waals surface area contributed by atoms with E-state index < -0.39 is 0 Å². The molecular weight excluding hydrogens is 224 g/mol. The third-order valence-corrected chi connectivity index (χ3v) is 3.92. The Morgan fingerprint density at radius 3 is 2.83 bits per heavy atom. The fraction of sp³-hybridized carbons (Fsp3) is 0.467. The molecule has 3 rings (SSSR count). The molecule has 96 valence electrons. The third kappa shape index (κ3) is 2.16. The zero-order valence-electron chi connectivity index (χ0n) is 10.6. The van der Waals surface area contributed by atoms with E-state index in [0.717, 1.165) is 17.7 Å². The lowest BCUT2D eigenvalue weighted by Crippen LogP contribution is -2.25. The highest BCUT2D eigenvalue weighted by atomic mass is 16.3. The van der Waals surface area contributed by atoms with Gasteiger partial charge in [0.1, 0.15) is 5.58 Å². The maximum Gasteiger partial charge on any atom is 0.138 e. The average molecular weight is 244 g/mol. The summed E-state index contributed by atoms with van der Waals surface area (Å²) < 4.78 is 5.67. The van der Waals surface area contributed by atoms with Gasteiger partial charge in [-0.05, 0) is 12.8 Å². The van der Waals surface area contributed by atoms with Gasteiger partial charge in [-0.2, -0.15) is 0 Å². The lowest BCUT2D eigenvalue weighted by molar-refractivity contribution is 0.520. The minimum atomic E-state index is 0.528. The first-order valence-electron chi connectivity index (χ1n) is 6.80. The maximum absolute atomic E-state index is 5.72. The summed E-state index contributed by atoms with van der Waals surface area (Å²) in [5.74, 6) is 0. The third-order valence-electron chi connectivity index (χ3n) is 3.92. The molecule has 1 aromatic heterocycles. The van der Waals surface area contributed by atoms with E-state index in [-0.39, 0.29) is 0 Å². The molecule has 1 fully saturated rings. The number of furan rings is 1. The van der Waals surface area contributed by atoms with Gasteiger partial charge in [0, 0.05) is 35.6 Å². The summed E-state index contributed by atoms with van der Waals surface area (Å²) in [5.41, 5.74) is 9.00. The first-order valence-corrected chi connectivity index (χ1v) is 6.80. The molecule has 1 saturated carbocycles. The van der Waals surface area contributed by atoms with E-state index in [9.17, 15) is 0 Å². The van der Waals surface area contributed by atoms with Crippen molar-refractivity contribution in [1.82, 2.24) is 5.32 Å². The molecule has 3 nitrogen and oxygen atoms in total. The summed E-state index contributed by atoms with van der Waals surface area (Å²) in [5, 5.41) is 4.82. The Hall–Kier alpha value is -1.32. The molecule has 0 atom stereocenters. The second kappa shape index (κ2) is 5.12. The van der Waals surface area contributed by atoms with Gasteiger partial charge in [-0.15, -0.1) is 0 Å². The quantitative estimate of drug-likeness (QED) is 0.869. The second-order valence-corrected chi connectivity index (χ2v) is 5.12. The second-order valence-electron chi connectivity index (χ2n) is 5.12. The van der Waals surface area contributed by atoms with Crippen LogP contribution in [0.5, 0.6) is 0 Å². The molecule has 0 unspecified atom stereocenters. The molecule has 0 bridgehead atoms. The smallest absolute Gasteiger partial charge is 0.138 e. The van der Waals surface area contributed by atoms with E-state index in [4.69, 9.17) is 10.2 Å². The van der Waals surface area contributed by atoms with Gasteiger partial charge in [0.2, 0.25) is 0 Å². The van der Waals surface area contributed by atoms with Crippen LogP contribution in [0.2, 0.25) is 0 Å². The van der Waals surface area contributed by atoms with Crippen molar-refractivity contribution in [2.45, 2.75) is 44.8 Å². The van der Waals surface area contributed by atoms with Gasteiger partial charge in [-0.3, -0.25) is 0 Å². The van der Waals surface area contributed by atoms with E-state index in [1.165, 1.54) is 36.6 Å². The number of benzene rings is 1. The molecule has 3 N–H and O–H groups in total. The fourth-order valence-electron chi connectivity index (χ4n) is 2.85. The van der Waals surface area contributed by atoms with Crippen molar-refractivity contribution in [3.8, 4) is 0 Å². The largest absolute Gasteiger partial charge is 0.464 e. The van der Waals surface area contributed by atoms with Gasteiger partial charge < -0.3 is 15.5 Å². The zero-order chi connectivity index (χ0) is 12.4. The standard InChI is InChI=1S/C15H20N2O/c16-8-11-4-3-7-14-12(10-18-15(11)14)9-17-13-5-1-2-6-13/h3-4,7,10,13,17H,1-2,5-6,8-9,16H2. The Morgan fingerprint density at radius 1 is 1.22 bits per heavy atom. The predicted molar refractivity (Wildman–Crippen MR) is 73.2 cm³/mol. The number of nitrogens with two attached hydrogens (primary N) is 1. The molecule has 1 heterocycles. The van der Waals surface area contributed by atoms with E-state index in [0.29, 0.717) is 12.6 Å². The molecule has 2 aromatic rings. The molecule has 0 saturated heterocycles. The minimum Gasteiger partial charge on any atom is -0.464 e. The van der Waals surface area contributed by atoms with Crippen LogP contribution in [0, 0.1) is 0 Å². The summed E-state index contributed by atoms with van der Waals surface area (Å²) >= 11 is 0. The van der Waals surface area contributed by atoms with Crippen LogP contribution >= 0.6 is 0 Å². The molecule has 0 spiro atoms. The van der Waals surface area contributed by atoms with Crippen LogP contribution in [-0.2, 0) is 13.1 Å². The first-order chi connectivity index (χ1) is 8.88. The van der Waals surface area contributed by atoms with Gasteiger partial charge in [0.25, 0.3) is 0 Å². The number of fused-ring (bicyclic) bond motifs is 1. The summed E-state index contributed by atoms with van der Waals surface area (Å²) in [6.07, 6.45) is 7.21. The van der Waals surface area contributed by atoms with E-state index >= 15 is 0 Å². The van der Waals surface area contributed by atoms with Gasteiger partial charge in [0.05, 0.1) is 6.26 Å². The van der Waals surface area contributed by atoms with Crippen molar-refractivity contribution in [3.63, 3.8) is 0 Å². The van der Waals surface area contributed by atoms with Crippen molar-refractivity contribution >= 4 is 11.0 Å². The molecule has 1 aromatic carbocycles. The van der Waals surface area contributed by atoms with Gasteiger partial charge in [-0.25, -0.2) is 0 Å². The molecule has 0 amide bonds. The molecular formula is C15H20N2O. The van der Waals surface area contributed by atoms with Crippen molar-refractivity contribution in [2.75, 3.05) is 0 Å². The van der Waals surface area contributed by atoms with Crippen molar-refractivity contribution in [1.29, 1.82) is 0 Å². The number of hydrogen-bond donors (Lipinski definition) is 2. The maximum atomic E-state index is 5.72. The SMILES string of the molecule is NCc1cccc2c(CNC3CCCC3)coc12. The van der Waals surface area contributed by atoms with Gasteiger partial charge in [0.15, 0.2) is 0 Å². The van der Waals surface area contributed by atoms with Crippen LogP contribution in [0.3, 0.4) is 0 Å². The summed E-state index contributed by atoms with van der Waals surface area (Å²) in [6.45, 7) is 1.42. The summed E-state index contributed by atoms with van der Waals surface area (Å²) in [6, 6.07) is 6.88. The first kappa shape index (κ1) is 11.8. The minimum absolute atomic E-state index is 0.528. The Bertz CT molecular complexity index is 526. The van der Waals surface area contributed by atoms with Crippen LogP contribution in [0.25, 0.3) is 11.0 Å². The monoisotopic (exact) mass is 244 g/mol. The molecule has 18 heavy (non-hydrogen) atoms. The summed E-state index contributed by atoms with van der Waals surface area (Å²) in [7, 11) is 0. The van der Waals surface area contributed by atoms with E-state index in [1.807, 2.05) is 12.3 Å². The average Bonchev–Trinajstić information content (AvgIpc) is 3.05. The fourth-order valence-corrected chi connectivity index (χ4v) is 2.85. The zero-order valence-corrected chi connectivity index (χ0v) is 10.6. The molecule has 1 aliphatic carbocycles. The molecule has 0 radical (unpaired) electrons. The van der Waals surface area contributed by atoms with Crippen molar-refractivity contribution in [3.05, 3.63) is 35.6 Å². The molecule has 3 heteroatoms. The van der Waals surface area contributed by atoms with Crippen LogP contribution in [0.4, 0.5) is 0 Å². The van der Waals surface area contributed by atoms with Crippen molar-refractivity contribution in [2.24, 2.45) is 5.73 Å². The normalized spacial score (nSPS) is 16.7. The number of para-hydroxylation sites is 1. The predicted octanol–water partition coefficient (Wildman–Crippen LogP) is 2.92. The number of hydrogen-bond acceptors (Lipinski definition) is 3. The van der Waals surface area contributed by atoms with Gasteiger partial charge in [-0.1, -0.05) is 31.0 Å². The van der Waals surface area contributed by atoms with E-state index in [2.05, 4.69) is 17.4 Å². The Kier molecular flexibility index (Phi) is 3.35. The highest BCUT2D eigenvalue weighted by Gasteiger charge is 2.15. The highest BCUT2D eigenvalue weighted by molar-refractivity contribution is 5.83. The summed E-state index contributed by atoms with van der Waals surface area (Å²) in [4.78, 5) is 0. The highest BCUT2D eigenvalue weighted by Crippen LogP contribution is 2.25. The van der Waals surface area contributed by atoms with Crippen LogP contribution in [0.1, 0.15) is 36.8 Å². The Labute approximate surface area is 107 Å². The number of nitrogens with one attached hydrogen (secondary N) is 1. The Morgan fingerprint density at radius 2 is 2.06 bits per heavy atom.